The van der Waals surface area contributed by atoms with Crippen LogP contribution >= 0.6 is 15.9 Å². The molecule has 2 rings (SSSR count). The molecular weight excluding hydrogens is 334 g/mol. The molecule has 0 aromatic carbocycles. The summed E-state index contributed by atoms with van der Waals surface area (Å²) in [6.07, 6.45) is 5.06. The minimum absolute atomic E-state index is 0.0354. The van der Waals surface area contributed by atoms with Crippen LogP contribution in [0.5, 0.6) is 0 Å². The quantitative estimate of drug-likeness (QED) is 0.870. The second-order valence-electron chi connectivity index (χ2n) is 5.97. The summed E-state index contributed by atoms with van der Waals surface area (Å²) < 4.78 is 2.85. The predicted molar refractivity (Wildman–Crippen MR) is 84.9 cm³/mol. The maximum Gasteiger partial charge on any atom is 0.268 e. The van der Waals surface area contributed by atoms with Gasteiger partial charge >= 0.3 is 0 Å². The first kappa shape index (κ1) is 16.1. The summed E-state index contributed by atoms with van der Waals surface area (Å²) in [4.78, 5) is 23.6. The minimum atomic E-state index is -0.225. The standard InChI is InChI=1S/C15H22BrN3O2/c1-9(2)19-8-11(16)7-13(19)15(21)18-12-5-3-10(4-6-12)14(17)20/h7-10,12H,3-6H2,1-2H3,(H2,17,20)(H,18,21). The van der Waals surface area contributed by atoms with Crippen LogP contribution in [0.3, 0.4) is 0 Å². The molecule has 1 aliphatic carbocycles. The second-order valence-corrected chi connectivity index (χ2v) is 6.88. The summed E-state index contributed by atoms with van der Waals surface area (Å²) in [6.45, 7) is 4.09. The van der Waals surface area contributed by atoms with Gasteiger partial charge in [0, 0.05) is 28.7 Å². The number of amides is 2. The third-order valence-electron chi connectivity index (χ3n) is 4.07. The summed E-state index contributed by atoms with van der Waals surface area (Å²) in [7, 11) is 0. The van der Waals surface area contributed by atoms with Crippen molar-refractivity contribution in [2.24, 2.45) is 11.7 Å². The monoisotopic (exact) mass is 355 g/mol. The van der Waals surface area contributed by atoms with Crippen LogP contribution in [-0.2, 0) is 4.79 Å². The van der Waals surface area contributed by atoms with E-state index in [1.54, 1.807) is 0 Å². The van der Waals surface area contributed by atoms with Gasteiger partial charge in [0.2, 0.25) is 5.91 Å². The Hall–Kier alpha value is -1.30. The number of primary amides is 1. The van der Waals surface area contributed by atoms with E-state index < -0.39 is 0 Å². The van der Waals surface area contributed by atoms with Crippen LogP contribution < -0.4 is 11.1 Å². The van der Waals surface area contributed by atoms with Crippen molar-refractivity contribution in [2.75, 3.05) is 0 Å². The van der Waals surface area contributed by atoms with E-state index in [9.17, 15) is 9.59 Å². The van der Waals surface area contributed by atoms with Crippen molar-refractivity contribution in [3.8, 4) is 0 Å². The van der Waals surface area contributed by atoms with Gasteiger partial charge in [-0.1, -0.05) is 0 Å². The number of nitrogens with zero attached hydrogens (tertiary/aromatic N) is 1. The normalized spacial score (nSPS) is 22.3. The van der Waals surface area contributed by atoms with Crippen LogP contribution in [0.25, 0.3) is 0 Å². The van der Waals surface area contributed by atoms with Crippen molar-refractivity contribution in [3.63, 3.8) is 0 Å². The molecule has 0 aliphatic heterocycles. The number of aromatic nitrogens is 1. The Morgan fingerprint density at radius 2 is 1.95 bits per heavy atom. The highest BCUT2D eigenvalue weighted by Crippen LogP contribution is 2.25. The van der Waals surface area contributed by atoms with Crippen molar-refractivity contribution >= 4 is 27.7 Å². The van der Waals surface area contributed by atoms with Crippen molar-refractivity contribution < 1.29 is 9.59 Å². The third-order valence-corrected chi connectivity index (χ3v) is 4.50. The van der Waals surface area contributed by atoms with E-state index in [4.69, 9.17) is 5.73 Å². The van der Waals surface area contributed by atoms with Crippen LogP contribution in [-0.4, -0.2) is 22.4 Å². The molecule has 0 spiro atoms. The molecule has 2 amide bonds. The van der Waals surface area contributed by atoms with E-state index >= 15 is 0 Å². The van der Waals surface area contributed by atoms with Gasteiger partial charge in [-0.2, -0.15) is 0 Å². The summed E-state index contributed by atoms with van der Waals surface area (Å²) in [5.74, 6) is -0.318. The van der Waals surface area contributed by atoms with Crippen molar-refractivity contribution in [1.29, 1.82) is 0 Å². The molecule has 0 radical (unpaired) electrons. The van der Waals surface area contributed by atoms with Gasteiger partial charge in [0.05, 0.1) is 0 Å². The highest BCUT2D eigenvalue weighted by atomic mass is 79.9. The topological polar surface area (TPSA) is 77.1 Å². The summed E-state index contributed by atoms with van der Waals surface area (Å²) in [6, 6.07) is 2.19. The van der Waals surface area contributed by atoms with Gasteiger partial charge in [-0.25, -0.2) is 0 Å². The molecule has 0 bridgehead atoms. The average Bonchev–Trinajstić information content (AvgIpc) is 2.82. The number of hydrogen-bond donors (Lipinski definition) is 2. The maximum atomic E-state index is 12.4. The van der Waals surface area contributed by atoms with E-state index in [0.717, 1.165) is 30.2 Å². The number of hydrogen-bond acceptors (Lipinski definition) is 2. The van der Waals surface area contributed by atoms with Crippen LogP contribution in [0.4, 0.5) is 0 Å². The molecular formula is C15H22BrN3O2. The van der Waals surface area contributed by atoms with Crippen LogP contribution in [0, 0.1) is 5.92 Å². The molecule has 1 heterocycles. The van der Waals surface area contributed by atoms with Crippen molar-refractivity contribution in [2.45, 2.75) is 51.6 Å². The lowest BCUT2D eigenvalue weighted by atomic mass is 9.85. The highest BCUT2D eigenvalue weighted by Gasteiger charge is 2.26. The van der Waals surface area contributed by atoms with E-state index in [1.807, 2.05) is 30.7 Å². The first-order valence-electron chi connectivity index (χ1n) is 7.36. The largest absolute Gasteiger partial charge is 0.369 e. The molecule has 1 saturated carbocycles. The fraction of sp³-hybridized carbons (Fsp3) is 0.600. The summed E-state index contributed by atoms with van der Waals surface area (Å²) in [5, 5.41) is 3.07. The van der Waals surface area contributed by atoms with Gasteiger partial charge in [-0.3, -0.25) is 9.59 Å². The minimum Gasteiger partial charge on any atom is -0.369 e. The molecule has 0 unspecified atom stereocenters. The van der Waals surface area contributed by atoms with E-state index in [-0.39, 0.29) is 29.8 Å². The molecule has 1 aromatic heterocycles. The molecule has 6 heteroatoms. The summed E-state index contributed by atoms with van der Waals surface area (Å²) >= 11 is 3.42. The van der Waals surface area contributed by atoms with E-state index in [0.29, 0.717) is 5.69 Å². The lowest BCUT2D eigenvalue weighted by molar-refractivity contribution is -0.122. The molecule has 1 fully saturated rings. The number of nitrogens with one attached hydrogen (secondary N) is 1. The molecule has 1 aliphatic rings. The molecule has 1 aromatic rings. The zero-order chi connectivity index (χ0) is 15.6. The van der Waals surface area contributed by atoms with E-state index in [2.05, 4.69) is 21.2 Å². The third kappa shape index (κ3) is 3.87. The number of carbonyl (C=O) groups excluding carboxylic acids is 2. The molecule has 116 valence electrons. The van der Waals surface area contributed by atoms with Crippen LogP contribution in [0.15, 0.2) is 16.7 Å². The maximum absolute atomic E-state index is 12.4. The number of rotatable bonds is 4. The van der Waals surface area contributed by atoms with Gasteiger partial charge in [0.25, 0.3) is 5.91 Å². The lowest BCUT2D eigenvalue weighted by Gasteiger charge is -2.27. The SMILES string of the molecule is CC(C)n1cc(Br)cc1C(=O)NC1CCC(C(N)=O)CC1. The van der Waals surface area contributed by atoms with Crippen molar-refractivity contribution in [1.82, 2.24) is 9.88 Å². The number of halogens is 1. The number of nitrogens with two attached hydrogens (primary N) is 1. The van der Waals surface area contributed by atoms with Gasteiger partial charge in [-0.15, -0.1) is 0 Å². The van der Waals surface area contributed by atoms with Gasteiger partial charge in [0.1, 0.15) is 5.69 Å². The van der Waals surface area contributed by atoms with Gasteiger partial charge in [0.15, 0.2) is 0 Å². The van der Waals surface area contributed by atoms with Gasteiger partial charge < -0.3 is 15.6 Å². The Morgan fingerprint density at radius 1 is 1.33 bits per heavy atom. The Kier molecular flexibility index (Phi) is 5.08. The Morgan fingerprint density at radius 3 is 2.48 bits per heavy atom. The fourth-order valence-electron chi connectivity index (χ4n) is 2.84. The van der Waals surface area contributed by atoms with Crippen molar-refractivity contribution in [3.05, 3.63) is 22.4 Å². The molecule has 0 atom stereocenters. The average molecular weight is 356 g/mol. The smallest absolute Gasteiger partial charge is 0.268 e. The van der Waals surface area contributed by atoms with E-state index in [1.165, 1.54) is 0 Å². The summed E-state index contributed by atoms with van der Waals surface area (Å²) in [5.41, 5.74) is 5.99. The number of carbonyl (C=O) groups is 2. The Labute approximate surface area is 133 Å². The molecule has 21 heavy (non-hydrogen) atoms. The first-order valence-corrected chi connectivity index (χ1v) is 8.15. The van der Waals surface area contributed by atoms with Gasteiger partial charge in [-0.05, 0) is 61.5 Å². The molecule has 5 nitrogen and oxygen atoms in total. The zero-order valence-electron chi connectivity index (χ0n) is 12.4. The molecule has 0 saturated heterocycles. The first-order chi connectivity index (χ1) is 9.88. The zero-order valence-corrected chi connectivity index (χ0v) is 14.0. The Balaban J connectivity index is 1.98. The van der Waals surface area contributed by atoms with Crippen LogP contribution in [0.1, 0.15) is 56.1 Å². The second kappa shape index (κ2) is 6.64. The predicted octanol–water partition coefficient (Wildman–Crippen LogP) is 2.61. The lowest BCUT2D eigenvalue weighted by Crippen LogP contribution is -2.40. The van der Waals surface area contributed by atoms with Crippen LogP contribution in [0.2, 0.25) is 0 Å². The highest BCUT2D eigenvalue weighted by molar-refractivity contribution is 9.10. The Bertz CT molecular complexity index is 531. The molecule has 3 N–H and O–H groups in total. The fourth-order valence-corrected chi connectivity index (χ4v) is 3.27.